The summed E-state index contributed by atoms with van der Waals surface area (Å²) < 4.78 is 14.4. The number of nitrogens with one attached hydrogen (secondary N) is 1. The highest BCUT2D eigenvalue weighted by atomic mass is 19.1. The van der Waals surface area contributed by atoms with Gasteiger partial charge in [-0.15, -0.1) is 0 Å². The molecule has 4 rings (SSSR count). The van der Waals surface area contributed by atoms with E-state index in [1.54, 1.807) is 24.0 Å². The Labute approximate surface area is 218 Å². The van der Waals surface area contributed by atoms with Crippen LogP contribution in [0.25, 0.3) is 0 Å². The van der Waals surface area contributed by atoms with Crippen molar-refractivity contribution in [1.29, 1.82) is 0 Å². The van der Waals surface area contributed by atoms with Crippen LogP contribution < -0.4 is 10.2 Å². The number of anilines is 1. The van der Waals surface area contributed by atoms with Crippen LogP contribution in [-0.4, -0.2) is 66.3 Å². The minimum atomic E-state index is -0.934. The van der Waals surface area contributed by atoms with Crippen LogP contribution in [0, 0.1) is 12.7 Å². The highest BCUT2D eigenvalue weighted by molar-refractivity contribution is 6.02. The Hall–Kier alpha value is -3.26. The van der Waals surface area contributed by atoms with Crippen molar-refractivity contribution in [3.8, 4) is 0 Å². The van der Waals surface area contributed by atoms with Crippen molar-refractivity contribution in [1.82, 2.24) is 15.1 Å². The predicted octanol–water partition coefficient (Wildman–Crippen LogP) is 3.82. The van der Waals surface area contributed by atoms with Gasteiger partial charge in [-0.05, 0) is 49.1 Å². The number of hydrogen-bond donors (Lipinski definition) is 1. The Morgan fingerprint density at radius 2 is 1.70 bits per heavy atom. The fourth-order valence-corrected chi connectivity index (χ4v) is 5.37. The summed E-state index contributed by atoms with van der Waals surface area (Å²) in [6.45, 7) is 5.76. The molecule has 198 valence electrons. The maximum absolute atomic E-state index is 14.4. The van der Waals surface area contributed by atoms with Crippen molar-refractivity contribution in [2.75, 3.05) is 37.6 Å². The number of halogens is 1. The van der Waals surface area contributed by atoms with Gasteiger partial charge in [-0.1, -0.05) is 49.6 Å². The number of amides is 3. The van der Waals surface area contributed by atoms with Crippen molar-refractivity contribution in [3.05, 3.63) is 65.5 Å². The van der Waals surface area contributed by atoms with Crippen molar-refractivity contribution < 1.29 is 18.8 Å². The van der Waals surface area contributed by atoms with E-state index in [4.69, 9.17) is 0 Å². The molecule has 1 atom stereocenters. The van der Waals surface area contributed by atoms with Gasteiger partial charge in [-0.2, -0.15) is 0 Å². The Morgan fingerprint density at radius 3 is 2.35 bits per heavy atom. The summed E-state index contributed by atoms with van der Waals surface area (Å²) in [5.74, 6) is -0.984. The van der Waals surface area contributed by atoms with Gasteiger partial charge in [0.2, 0.25) is 17.7 Å². The fraction of sp³-hybridized carbons (Fsp3) is 0.483. The Kier molecular flexibility index (Phi) is 8.92. The summed E-state index contributed by atoms with van der Waals surface area (Å²) >= 11 is 0. The van der Waals surface area contributed by atoms with E-state index in [9.17, 15) is 18.8 Å². The summed E-state index contributed by atoms with van der Waals surface area (Å²) in [4.78, 5) is 44.8. The average molecular weight is 509 g/mol. The first-order valence-electron chi connectivity index (χ1n) is 13.2. The first-order valence-corrected chi connectivity index (χ1v) is 13.2. The van der Waals surface area contributed by atoms with Gasteiger partial charge >= 0.3 is 0 Å². The van der Waals surface area contributed by atoms with Crippen LogP contribution >= 0.6 is 0 Å². The molecular weight excluding hydrogens is 471 g/mol. The van der Waals surface area contributed by atoms with Crippen LogP contribution in [0.15, 0.2) is 48.5 Å². The standard InChI is InChI=1S/C29H37FN4O3/c1-21-9-6-7-14-26(21)28(29(37)31-24-11-4-3-5-12-24)34(25-13-8-10-23(30)19-25)27(36)20-32-15-17-33(18-16-32)22(2)35/h6-10,13-14,19,24,28H,3-5,11-12,15-18,20H2,1-2H3,(H,31,37). The first-order chi connectivity index (χ1) is 17.8. The van der Waals surface area contributed by atoms with E-state index in [0.717, 1.165) is 36.8 Å². The van der Waals surface area contributed by atoms with Crippen LogP contribution in [0.2, 0.25) is 0 Å². The summed E-state index contributed by atoms with van der Waals surface area (Å²) in [6, 6.07) is 12.6. The highest BCUT2D eigenvalue weighted by Crippen LogP contribution is 2.31. The van der Waals surface area contributed by atoms with Crippen molar-refractivity contribution in [3.63, 3.8) is 0 Å². The molecule has 1 unspecified atom stereocenters. The van der Waals surface area contributed by atoms with Gasteiger partial charge in [0.1, 0.15) is 11.9 Å². The zero-order valence-electron chi connectivity index (χ0n) is 21.8. The van der Waals surface area contributed by atoms with Gasteiger partial charge in [0.15, 0.2) is 0 Å². The molecule has 1 saturated carbocycles. The fourth-order valence-electron chi connectivity index (χ4n) is 5.37. The van der Waals surface area contributed by atoms with Gasteiger partial charge in [0.05, 0.1) is 6.54 Å². The van der Waals surface area contributed by atoms with Gasteiger partial charge in [0, 0.05) is 44.8 Å². The van der Waals surface area contributed by atoms with Crippen molar-refractivity contribution in [2.45, 2.75) is 58.0 Å². The normalized spacial score (nSPS) is 17.8. The minimum absolute atomic E-state index is 0.0198. The van der Waals surface area contributed by atoms with Crippen LogP contribution in [0.5, 0.6) is 0 Å². The Balaban J connectivity index is 1.67. The Bertz CT molecular complexity index is 1110. The van der Waals surface area contributed by atoms with Crippen molar-refractivity contribution in [2.24, 2.45) is 0 Å². The monoisotopic (exact) mass is 508 g/mol. The molecular formula is C29H37FN4O3. The van der Waals surface area contributed by atoms with E-state index >= 15 is 0 Å². The van der Waals surface area contributed by atoms with E-state index in [1.807, 2.05) is 36.1 Å². The number of piperazine rings is 1. The summed E-state index contributed by atoms with van der Waals surface area (Å²) in [7, 11) is 0. The molecule has 1 saturated heterocycles. The zero-order chi connectivity index (χ0) is 26.4. The van der Waals surface area contributed by atoms with Crippen LogP contribution in [0.1, 0.15) is 56.2 Å². The lowest BCUT2D eigenvalue weighted by molar-refractivity contribution is -0.131. The molecule has 37 heavy (non-hydrogen) atoms. The third-order valence-electron chi connectivity index (χ3n) is 7.47. The maximum Gasteiger partial charge on any atom is 0.248 e. The van der Waals surface area contributed by atoms with E-state index in [0.29, 0.717) is 31.9 Å². The topological polar surface area (TPSA) is 73.0 Å². The molecule has 3 amide bonds. The Morgan fingerprint density at radius 1 is 1.00 bits per heavy atom. The molecule has 8 heteroatoms. The van der Waals surface area contributed by atoms with Crippen LogP contribution in [0.3, 0.4) is 0 Å². The van der Waals surface area contributed by atoms with Gasteiger partial charge in [-0.3, -0.25) is 24.2 Å². The number of hydrogen-bond acceptors (Lipinski definition) is 4. The molecule has 0 radical (unpaired) electrons. The lowest BCUT2D eigenvalue weighted by atomic mass is 9.93. The number of rotatable bonds is 7. The second-order valence-corrected chi connectivity index (χ2v) is 10.1. The number of benzene rings is 2. The van der Waals surface area contributed by atoms with E-state index in [-0.39, 0.29) is 30.3 Å². The lowest BCUT2D eigenvalue weighted by Gasteiger charge is -2.37. The molecule has 2 aliphatic rings. The second-order valence-electron chi connectivity index (χ2n) is 10.1. The SMILES string of the molecule is CC(=O)N1CCN(CC(=O)N(c2cccc(F)c2)C(C(=O)NC2CCCCC2)c2ccccc2C)CC1. The average Bonchev–Trinajstić information content (AvgIpc) is 2.88. The molecule has 7 nitrogen and oxygen atoms in total. The smallest absolute Gasteiger partial charge is 0.248 e. The van der Waals surface area contributed by atoms with Gasteiger partial charge in [-0.25, -0.2) is 4.39 Å². The number of nitrogens with zero attached hydrogens (tertiary/aromatic N) is 3. The lowest BCUT2D eigenvalue weighted by Crippen LogP contribution is -2.53. The molecule has 0 aromatic heterocycles. The molecule has 2 fully saturated rings. The quantitative estimate of drug-likeness (QED) is 0.617. The van der Waals surface area contributed by atoms with E-state index in [1.165, 1.54) is 23.5 Å². The first kappa shape index (κ1) is 26.8. The van der Waals surface area contributed by atoms with Crippen LogP contribution in [-0.2, 0) is 14.4 Å². The van der Waals surface area contributed by atoms with Gasteiger partial charge < -0.3 is 10.2 Å². The minimum Gasteiger partial charge on any atom is -0.351 e. The van der Waals surface area contributed by atoms with Gasteiger partial charge in [0.25, 0.3) is 0 Å². The largest absolute Gasteiger partial charge is 0.351 e. The summed E-state index contributed by atoms with van der Waals surface area (Å²) in [5.41, 5.74) is 1.95. The molecule has 0 spiro atoms. The summed E-state index contributed by atoms with van der Waals surface area (Å²) in [6.07, 6.45) is 5.14. The summed E-state index contributed by atoms with van der Waals surface area (Å²) in [5, 5.41) is 3.20. The highest BCUT2D eigenvalue weighted by Gasteiger charge is 2.36. The molecule has 0 bridgehead atoms. The van der Waals surface area contributed by atoms with Crippen LogP contribution in [0.4, 0.5) is 10.1 Å². The third kappa shape index (κ3) is 6.74. The second kappa shape index (κ2) is 12.3. The molecule has 1 N–H and O–H groups in total. The number of carbonyl (C=O) groups excluding carboxylic acids is 3. The third-order valence-corrected chi connectivity index (χ3v) is 7.47. The van der Waals surface area contributed by atoms with Crippen molar-refractivity contribution >= 4 is 23.4 Å². The molecule has 2 aromatic rings. The molecule has 1 heterocycles. The maximum atomic E-state index is 14.4. The number of carbonyl (C=O) groups is 3. The number of aryl methyl sites for hydroxylation is 1. The van der Waals surface area contributed by atoms with E-state index in [2.05, 4.69) is 5.32 Å². The predicted molar refractivity (Wildman–Crippen MR) is 142 cm³/mol. The van der Waals surface area contributed by atoms with E-state index < -0.39 is 11.9 Å². The molecule has 2 aromatic carbocycles. The molecule has 1 aliphatic carbocycles. The molecule has 1 aliphatic heterocycles. The zero-order valence-corrected chi connectivity index (χ0v) is 21.8.